The van der Waals surface area contributed by atoms with Crippen LogP contribution in [0.15, 0.2) is 66.7 Å². The van der Waals surface area contributed by atoms with Crippen molar-refractivity contribution in [1.82, 2.24) is 9.97 Å². The zero-order chi connectivity index (χ0) is 21.1. The molecule has 6 heteroatoms. The molecule has 1 atom stereocenters. The van der Waals surface area contributed by atoms with Crippen molar-refractivity contribution in [2.45, 2.75) is 19.4 Å². The van der Waals surface area contributed by atoms with Crippen LogP contribution in [0, 0.1) is 5.82 Å². The van der Waals surface area contributed by atoms with Gasteiger partial charge in [0.25, 0.3) is 0 Å². The second-order valence-corrected chi connectivity index (χ2v) is 7.20. The number of para-hydroxylation sites is 1. The smallest absolute Gasteiger partial charge is 0.165 e. The lowest BCUT2D eigenvalue weighted by Crippen LogP contribution is -2.28. The van der Waals surface area contributed by atoms with Crippen LogP contribution in [-0.2, 0) is 0 Å². The van der Waals surface area contributed by atoms with Gasteiger partial charge in [0.15, 0.2) is 5.82 Å². The van der Waals surface area contributed by atoms with Gasteiger partial charge in [0.2, 0.25) is 0 Å². The molecule has 0 aliphatic rings. The van der Waals surface area contributed by atoms with Gasteiger partial charge >= 0.3 is 0 Å². The van der Waals surface area contributed by atoms with Gasteiger partial charge in [-0.05, 0) is 53.9 Å². The summed E-state index contributed by atoms with van der Waals surface area (Å²) in [6.07, 6.45) is 0.847. The summed E-state index contributed by atoms with van der Waals surface area (Å²) in [7, 11) is 0. The molecule has 0 bridgehead atoms. The lowest BCUT2D eigenvalue weighted by atomic mass is 10.0. The van der Waals surface area contributed by atoms with Crippen molar-refractivity contribution in [3.63, 3.8) is 0 Å². The fraction of sp³-hybridized carbons (Fsp3) is 0.167. The van der Waals surface area contributed by atoms with Gasteiger partial charge in [-0.15, -0.1) is 0 Å². The zero-order valence-electron chi connectivity index (χ0n) is 16.6. The highest BCUT2D eigenvalue weighted by atomic mass is 19.1. The predicted molar refractivity (Wildman–Crippen MR) is 119 cm³/mol. The molecule has 1 heterocycles. The van der Waals surface area contributed by atoms with E-state index >= 15 is 0 Å². The highest BCUT2D eigenvalue weighted by molar-refractivity contribution is 5.91. The number of nitrogens with zero attached hydrogens (tertiary/aromatic N) is 2. The molecule has 152 valence electrons. The van der Waals surface area contributed by atoms with Crippen molar-refractivity contribution in [2.24, 2.45) is 5.73 Å². The summed E-state index contributed by atoms with van der Waals surface area (Å²) < 4.78 is 13.7. The Morgan fingerprint density at radius 3 is 2.60 bits per heavy atom. The molecule has 1 aromatic heterocycles. The molecule has 4 rings (SSSR count). The van der Waals surface area contributed by atoms with Crippen molar-refractivity contribution in [3.05, 3.63) is 72.5 Å². The van der Waals surface area contributed by atoms with Crippen LogP contribution < -0.4 is 11.1 Å². The largest absolute Gasteiger partial charge is 0.507 e. The summed E-state index contributed by atoms with van der Waals surface area (Å²) in [5, 5.41) is 14.7. The molecule has 0 spiro atoms. The maximum Gasteiger partial charge on any atom is 0.165 e. The fourth-order valence-corrected chi connectivity index (χ4v) is 3.27. The van der Waals surface area contributed by atoms with Gasteiger partial charge < -0.3 is 16.2 Å². The standard InChI is InChI=1S/C24H23FN4O/c1-2-18(26)14-27-23-19-8-3-4-9-21(19)28-24(29-23)20-13-16(10-11-22(20)30)15-6-5-7-17(25)12-15/h3-13,18,30H,2,14,26H2,1H3,(H,27,28,29). The molecule has 0 saturated heterocycles. The van der Waals surface area contributed by atoms with Crippen LogP contribution in [0.4, 0.5) is 10.2 Å². The maximum atomic E-state index is 13.7. The van der Waals surface area contributed by atoms with Crippen LogP contribution in [0.3, 0.4) is 0 Å². The average molecular weight is 402 g/mol. The Balaban J connectivity index is 1.82. The monoisotopic (exact) mass is 402 g/mol. The Bertz CT molecular complexity index is 1190. The third-order valence-electron chi connectivity index (χ3n) is 5.05. The first kappa shape index (κ1) is 19.8. The maximum absolute atomic E-state index is 13.7. The zero-order valence-corrected chi connectivity index (χ0v) is 16.6. The topological polar surface area (TPSA) is 84.1 Å². The van der Waals surface area contributed by atoms with E-state index < -0.39 is 0 Å². The summed E-state index contributed by atoms with van der Waals surface area (Å²) in [4.78, 5) is 9.33. The molecule has 5 nitrogen and oxygen atoms in total. The average Bonchev–Trinajstić information content (AvgIpc) is 2.77. The molecule has 0 fully saturated rings. The number of phenols is 1. The summed E-state index contributed by atoms with van der Waals surface area (Å²) in [5.41, 5.74) is 8.77. The van der Waals surface area contributed by atoms with Crippen molar-refractivity contribution >= 4 is 16.7 Å². The van der Waals surface area contributed by atoms with E-state index in [-0.39, 0.29) is 17.6 Å². The molecular formula is C24H23FN4O. The van der Waals surface area contributed by atoms with Crippen LogP contribution in [0.1, 0.15) is 13.3 Å². The van der Waals surface area contributed by atoms with Crippen LogP contribution in [0.25, 0.3) is 33.4 Å². The number of hydrogen-bond acceptors (Lipinski definition) is 5. The van der Waals surface area contributed by atoms with Gasteiger partial charge in [0, 0.05) is 18.0 Å². The second-order valence-electron chi connectivity index (χ2n) is 7.20. The third kappa shape index (κ3) is 4.09. The Kier molecular flexibility index (Phi) is 5.59. The van der Waals surface area contributed by atoms with Crippen molar-refractivity contribution in [3.8, 4) is 28.3 Å². The first-order valence-electron chi connectivity index (χ1n) is 9.90. The van der Waals surface area contributed by atoms with Crippen molar-refractivity contribution < 1.29 is 9.50 Å². The Morgan fingerprint density at radius 2 is 1.80 bits per heavy atom. The molecular weight excluding hydrogens is 379 g/mol. The quantitative estimate of drug-likeness (QED) is 0.425. The van der Waals surface area contributed by atoms with E-state index in [9.17, 15) is 9.50 Å². The highest BCUT2D eigenvalue weighted by Gasteiger charge is 2.14. The minimum atomic E-state index is -0.317. The van der Waals surface area contributed by atoms with Gasteiger partial charge in [0.05, 0.1) is 11.1 Å². The molecule has 4 N–H and O–H groups in total. The molecule has 3 aromatic carbocycles. The lowest BCUT2D eigenvalue weighted by molar-refractivity contribution is 0.477. The number of hydrogen-bond donors (Lipinski definition) is 3. The highest BCUT2D eigenvalue weighted by Crippen LogP contribution is 2.34. The van der Waals surface area contributed by atoms with Gasteiger partial charge in [-0.2, -0.15) is 0 Å². The molecule has 0 aliphatic carbocycles. The van der Waals surface area contributed by atoms with E-state index in [2.05, 4.69) is 15.3 Å². The van der Waals surface area contributed by atoms with Gasteiger partial charge in [-0.3, -0.25) is 0 Å². The third-order valence-corrected chi connectivity index (χ3v) is 5.05. The van der Waals surface area contributed by atoms with Crippen LogP contribution >= 0.6 is 0 Å². The minimum absolute atomic E-state index is 0.00638. The van der Waals surface area contributed by atoms with Crippen LogP contribution in [0.2, 0.25) is 0 Å². The molecule has 30 heavy (non-hydrogen) atoms. The number of halogens is 1. The van der Waals surface area contributed by atoms with E-state index in [1.807, 2.05) is 37.3 Å². The molecule has 4 aromatic rings. The van der Waals surface area contributed by atoms with E-state index in [1.54, 1.807) is 24.3 Å². The summed E-state index contributed by atoms with van der Waals surface area (Å²) >= 11 is 0. The number of aromatic nitrogens is 2. The van der Waals surface area contributed by atoms with Crippen molar-refractivity contribution in [2.75, 3.05) is 11.9 Å². The summed E-state index contributed by atoms with van der Waals surface area (Å²) in [6, 6.07) is 19.1. The van der Waals surface area contributed by atoms with E-state index in [0.717, 1.165) is 22.9 Å². The number of fused-ring (bicyclic) bond motifs is 1. The number of phenolic OH excluding ortho intramolecular Hbond substituents is 1. The molecule has 0 saturated carbocycles. The molecule has 0 radical (unpaired) electrons. The summed E-state index contributed by atoms with van der Waals surface area (Å²) in [5.74, 6) is 0.788. The minimum Gasteiger partial charge on any atom is -0.507 e. The fourth-order valence-electron chi connectivity index (χ4n) is 3.27. The predicted octanol–water partition coefficient (Wildman–Crippen LogP) is 4.96. The Morgan fingerprint density at radius 1 is 1.00 bits per heavy atom. The Labute approximate surface area is 174 Å². The second kappa shape index (κ2) is 8.47. The Hall–Kier alpha value is -3.51. The number of benzene rings is 3. The molecule has 1 unspecified atom stereocenters. The number of rotatable bonds is 6. The van der Waals surface area contributed by atoms with Gasteiger partial charge in [0.1, 0.15) is 17.4 Å². The van der Waals surface area contributed by atoms with Crippen LogP contribution in [0.5, 0.6) is 5.75 Å². The number of nitrogens with one attached hydrogen (secondary N) is 1. The SMILES string of the molecule is CCC(N)CNc1nc(-c2cc(-c3cccc(F)c3)ccc2O)nc2ccccc12. The van der Waals surface area contributed by atoms with Gasteiger partial charge in [-0.25, -0.2) is 14.4 Å². The molecule has 0 aliphatic heterocycles. The normalized spacial score (nSPS) is 12.1. The first-order chi connectivity index (χ1) is 14.5. The lowest BCUT2D eigenvalue weighted by Gasteiger charge is -2.14. The van der Waals surface area contributed by atoms with Crippen molar-refractivity contribution in [1.29, 1.82) is 0 Å². The van der Waals surface area contributed by atoms with E-state index in [0.29, 0.717) is 29.3 Å². The number of aromatic hydroxyl groups is 1. The van der Waals surface area contributed by atoms with E-state index in [4.69, 9.17) is 5.73 Å². The summed E-state index contributed by atoms with van der Waals surface area (Å²) in [6.45, 7) is 2.61. The van der Waals surface area contributed by atoms with E-state index in [1.165, 1.54) is 12.1 Å². The van der Waals surface area contributed by atoms with Crippen LogP contribution in [-0.4, -0.2) is 27.7 Å². The van der Waals surface area contributed by atoms with Gasteiger partial charge in [-0.1, -0.05) is 37.3 Å². The number of anilines is 1. The molecule has 0 amide bonds. The first-order valence-corrected chi connectivity index (χ1v) is 9.90. The number of nitrogens with two attached hydrogens (primary N) is 1.